The maximum absolute atomic E-state index is 14.3. The van der Waals surface area contributed by atoms with E-state index < -0.39 is 17.1 Å². The number of aliphatic imine (C=N–C) groups is 1. The number of aromatic hydroxyl groups is 1. The van der Waals surface area contributed by atoms with Crippen LogP contribution in [-0.2, 0) is 19.5 Å². The van der Waals surface area contributed by atoms with E-state index in [9.17, 15) is 19.5 Å². The minimum Gasteiger partial charge on any atom is -0.494 e. The van der Waals surface area contributed by atoms with E-state index in [4.69, 9.17) is 23.9 Å². The van der Waals surface area contributed by atoms with E-state index >= 15 is 0 Å². The van der Waals surface area contributed by atoms with Gasteiger partial charge in [0, 0.05) is 43.7 Å². The lowest BCUT2D eigenvalue weighted by molar-refractivity contribution is 0.0998. The fourth-order valence-electron chi connectivity index (χ4n) is 8.35. The zero-order valence-electron chi connectivity index (χ0n) is 42.1. The Morgan fingerprint density at radius 1 is 0.627 bits per heavy atom. The molecule has 4 rings (SSSR count). The summed E-state index contributed by atoms with van der Waals surface area (Å²) >= 11 is 0. The van der Waals surface area contributed by atoms with Crippen LogP contribution in [0, 0.1) is 0 Å². The molecule has 0 spiro atoms. The summed E-state index contributed by atoms with van der Waals surface area (Å²) in [6.45, 7) is 14.3. The Morgan fingerprint density at radius 2 is 1.13 bits per heavy atom. The number of carbonyl (C=O) groups excluding carboxylic acids is 1. The minimum absolute atomic E-state index is 0.0496. The van der Waals surface area contributed by atoms with Gasteiger partial charge in [0.15, 0.2) is 17.3 Å². The highest BCUT2D eigenvalue weighted by molar-refractivity contribution is 6.12. The predicted molar refractivity (Wildman–Crippen MR) is 274 cm³/mol. The molecule has 0 saturated carbocycles. The maximum atomic E-state index is 14.3. The average molecular weight is 929 g/mol. The molecule has 67 heavy (non-hydrogen) atoms. The minimum atomic E-state index is -0.641. The molecule has 12 heteroatoms. The number of nitrogens with one attached hydrogen (secondary N) is 1. The Balaban J connectivity index is 1.71. The molecule has 1 aliphatic heterocycles. The molecule has 0 aliphatic carbocycles. The van der Waals surface area contributed by atoms with E-state index in [0.29, 0.717) is 59.6 Å². The number of rotatable bonds is 35. The van der Waals surface area contributed by atoms with Crippen LogP contribution < -0.4 is 35.5 Å². The molecule has 12 nitrogen and oxygen atoms in total. The van der Waals surface area contributed by atoms with Crippen molar-refractivity contribution in [2.75, 3.05) is 31.7 Å². The number of ether oxygens (including phenoxy) is 4. The van der Waals surface area contributed by atoms with Crippen molar-refractivity contribution >= 4 is 23.4 Å². The third-order valence-electron chi connectivity index (χ3n) is 12.5. The molecule has 0 saturated heterocycles. The lowest BCUT2D eigenvalue weighted by Gasteiger charge is -2.22. The van der Waals surface area contributed by atoms with E-state index in [0.717, 1.165) is 104 Å². The quantitative estimate of drug-likeness (QED) is 0.0335. The second-order valence-electron chi connectivity index (χ2n) is 17.9. The van der Waals surface area contributed by atoms with Crippen LogP contribution in [0.4, 0.5) is 11.4 Å². The molecule has 0 amide bonds. The number of aryl methyl sites for hydroxylation is 1. The number of hydrogen-bond acceptors (Lipinski definition) is 10. The van der Waals surface area contributed by atoms with Crippen LogP contribution in [0.1, 0.15) is 204 Å². The van der Waals surface area contributed by atoms with Crippen molar-refractivity contribution < 1.29 is 28.8 Å². The SMILES string of the molecule is CCCCCCCCOc1cc2c(cc1CCCCCC)C(=O)/C(=C/Nc1cc(OCCCCCCCC)c(OCCCCCCCC)cc1N=Cc1c(O)n(CC)c(=O)n(CC)c1=O)CO2. The van der Waals surface area contributed by atoms with Gasteiger partial charge in [0.2, 0.25) is 5.88 Å². The summed E-state index contributed by atoms with van der Waals surface area (Å²) in [6, 6.07) is 7.44. The van der Waals surface area contributed by atoms with Crippen LogP contribution >= 0.6 is 0 Å². The summed E-state index contributed by atoms with van der Waals surface area (Å²) in [7, 11) is 0. The monoisotopic (exact) mass is 929 g/mol. The summed E-state index contributed by atoms with van der Waals surface area (Å²) in [6.07, 6.45) is 28.6. The highest BCUT2D eigenvalue weighted by Gasteiger charge is 2.26. The summed E-state index contributed by atoms with van der Waals surface area (Å²) < 4.78 is 27.7. The van der Waals surface area contributed by atoms with Crippen molar-refractivity contribution in [3.63, 3.8) is 0 Å². The predicted octanol–water partition coefficient (Wildman–Crippen LogP) is 13.4. The second kappa shape index (κ2) is 31.1. The maximum Gasteiger partial charge on any atom is 0.333 e. The average Bonchev–Trinajstić information content (AvgIpc) is 3.32. The zero-order chi connectivity index (χ0) is 48.2. The summed E-state index contributed by atoms with van der Waals surface area (Å²) in [4.78, 5) is 45.6. The molecular formula is C55H84N4O8. The standard InChI is InChI=1S/C55H84N4O8/c1-7-13-17-21-24-28-32-64-48-38-49-44(35-42(48)31-27-20-16-10-4)52(60)43(41-67-49)39-56-46-36-50(65-33-29-25-22-18-14-8-2)51(66-34-30-26-23-19-15-9-3)37-47(46)57-40-45-53(61)58(11-5)55(63)59(12-6)54(45)62/h35-40,56,61H,7-34,41H2,1-6H3/b43-39+,57-40?. The molecule has 1 aromatic heterocycles. The molecule has 0 bridgehead atoms. The molecular weight excluding hydrogens is 845 g/mol. The molecule has 0 unspecified atom stereocenters. The molecule has 2 N–H and O–H groups in total. The molecule has 1 aliphatic rings. The number of unbranched alkanes of at least 4 members (excludes halogenated alkanes) is 18. The van der Waals surface area contributed by atoms with E-state index in [1.54, 1.807) is 26.1 Å². The third-order valence-corrected chi connectivity index (χ3v) is 12.5. The Labute approximate surface area is 401 Å². The van der Waals surface area contributed by atoms with Gasteiger partial charge in [-0.25, -0.2) is 4.79 Å². The first kappa shape index (κ1) is 54.6. The van der Waals surface area contributed by atoms with Gasteiger partial charge in [0.25, 0.3) is 5.56 Å². The molecule has 0 atom stereocenters. The number of hydrogen-bond donors (Lipinski definition) is 2. The van der Waals surface area contributed by atoms with E-state index in [-0.39, 0.29) is 31.0 Å². The van der Waals surface area contributed by atoms with Crippen molar-refractivity contribution in [2.24, 2.45) is 4.99 Å². The van der Waals surface area contributed by atoms with E-state index in [1.165, 1.54) is 70.4 Å². The van der Waals surface area contributed by atoms with Crippen LogP contribution in [0.25, 0.3) is 0 Å². The van der Waals surface area contributed by atoms with Crippen molar-refractivity contribution in [1.29, 1.82) is 0 Å². The number of benzene rings is 2. The van der Waals surface area contributed by atoms with Crippen LogP contribution in [0.2, 0.25) is 0 Å². The van der Waals surface area contributed by atoms with Crippen LogP contribution in [0.5, 0.6) is 28.9 Å². The lowest BCUT2D eigenvalue weighted by atomic mass is 9.96. The van der Waals surface area contributed by atoms with Gasteiger partial charge in [-0.3, -0.25) is 23.7 Å². The first-order chi connectivity index (χ1) is 32.7. The van der Waals surface area contributed by atoms with Gasteiger partial charge in [-0.1, -0.05) is 143 Å². The Kier molecular flexibility index (Phi) is 25.4. The summed E-state index contributed by atoms with van der Waals surface area (Å²) in [5.74, 6) is 1.76. The molecule has 0 fully saturated rings. The largest absolute Gasteiger partial charge is 0.494 e. The first-order valence-corrected chi connectivity index (χ1v) is 26.2. The molecule has 2 heterocycles. The fourth-order valence-corrected chi connectivity index (χ4v) is 8.35. The number of ketones is 1. The van der Waals surface area contributed by atoms with Gasteiger partial charge in [-0.05, 0) is 57.6 Å². The smallest absolute Gasteiger partial charge is 0.333 e. The van der Waals surface area contributed by atoms with Crippen LogP contribution in [0.3, 0.4) is 0 Å². The third kappa shape index (κ3) is 17.2. The fraction of sp³-hybridized carbons (Fsp3) is 0.636. The van der Waals surface area contributed by atoms with Gasteiger partial charge < -0.3 is 29.4 Å². The Hall–Kier alpha value is -5.00. The number of aromatic nitrogens is 2. The topological polar surface area (TPSA) is 143 Å². The van der Waals surface area contributed by atoms with Gasteiger partial charge in [0.05, 0.1) is 42.3 Å². The molecule has 0 radical (unpaired) electrons. The Morgan fingerprint density at radius 3 is 1.69 bits per heavy atom. The summed E-state index contributed by atoms with van der Waals surface area (Å²) in [5.41, 5.74) is 1.48. The Bertz CT molecular complexity index is 2140. The summed E-state index contributed by atoms with van der Waals surface area (Å²) in [5, 5.41) is 14.5. The van der Waals surface area contributed by atoms with Gasteiger partial charge >= 0.3 is 5.69 Å². The number of anilines is 1. The normalized spacial score (nSPS) is 13.0. The van der Waals surface area contributed by atoms with Crippen molar-refractivity contribution in [3.05, 3.63) is 73.6 Å². The van der Waals surface area contributed by atoms with Gasteiger partial charge in [-0.15, -0.1) is 0 Å². The van der Waals surface area contributed by atoms with Crippen LogP contribution in [0.15, 0.2) is 50.6 Å². The van der Waals surface area contributed by atoms with E-state index in [1.807, 2.05) is 18.2 Å². The van der Waals surface area contributed by atoms with E-state index in [2.05, 4.69) is 33.0 Å². The molecule has 3 aromatic rings. The number of fused-ring (bicyclic) bond motifs is 1. The van der Waals surface area contributed by atoms with Crippen molar-refractivity contribution in [3.8, 4) is 28.9 Å². The van der Waals surface area contributed by atoms with Crippen molar-refractivity contribution in [2.45, 2.75) is 202 Å². The van der Waals surface area contributed by atoms with Crippen molar-refractivity contribution in [1.82, 2.24) is 9.13 Å². The first-order valence-electron chi connectivity index (χ1n) is 26.2. The zero-order valence-corrected chi connectivity index (χ0v) is 42.1. The number of Topliss-reactive ketones (excluding diaryl/α,β-unsaturated/α-hetero) is 1. The molecule has 372 valence electrons. The van der Waals surface area contributed by atoms with Crippen LogP contribution in [-0.4, -0.2) is 52.7 Å². The lowest BCUT2D eigenvalue weighted by Crippen LogP contribution is -2.41. The van der Waals surface area contributed by atoms with Gasteiger partial charge in [0.1, 0.15) is 23.7 Å². The molecule has 2 aromatic carbocycles. The highest BCUT2D eigenvalue weighted by atomic mass is 16.5. The van der Waals surface area contributed by atoms with Gasteiger partial charge in [-0.2, -0.15) is 0 Å². The number of carbonyl (C=O) groups is 1. The highest BCUT2D eigenvalue weighted by Crippen LogP contribution is 2.40. The second-order valence-corrected chi connectivity index (χ2v) is 17.9. The number of nitrogens with zero attached hydrogens (tertiary/aromatic N) is 3.